The monoisotopic (exact) mass is 427 g/mol. The van der Waals surface area contributed by atoms with E-state index < -0.39 is 0 Å². The van der Waals surface area contributed by atoms with E-state index >= 15 is 0 Å². The highest BCUT2D eigenvalue weighted by Crippen LogP contribution is 2.20. The van der Waals surface area contributed by atoms with Crippen LogP contribution >= 0.6 is 0 Å². The van der Waals surface area contributed by atoms with E-state index in [1.54, 1.807) is 24.3 Å². The van der Waals surface area contributed by atoms with Gasteiger partial charge in [-0.1, -0.05) is 48.9 Å². The smallest absolute Gasteiger partial charge is 0.255 e. The van der Waals surface area contributed by atoms with Crippen molar-refractivity contribution in [1.29, 1.82) is 0 Å². The first-order chi connectivity index (χ1) is 15.7. The molecule has 0 atom stereocenters. The number of nitrogens with zero attached hydrogens (tertiary/aromatic N) is 1. The predicted molar refractivity (Wildman–Crippen MR) is 129 cm³/mol. The fourth-order valence-electron chi connectivity index (χ4n) is 3.97. The molecule has 3 aromatic rings. The standard InChI is InChI=1S/C27H29N3O2/c31-26(28-17-20-30-18-5-2-6-19-30)23-13-15-25(16-14-23)29-27(32)24-11-9-22(10-12-24)21-7-3-1-4-8-21/h1,3-4,7-16H,2,5-6,17-20H2,(H,28,31)(H,29,32). The van der Waals surface area contributed by atoms with Gasteiger partial charge >= 0.3 is 0 Å². The highest BCUT2D eigenvalue weighted by molar-refractivity contribution is 6.04. The molecule has 1 aliphatic rings. The van der Waals surface area contributed by atoms with Crippen LogP contribution in [-0.4, -0.2) is 42.9 Å². The fraction of sp³-hybridized carbons (Fsp3) is 0.259. The molecule has 164 valence electrons. The molecule has 5 nitrogen and oxygen atoms in total. The Morgan fingerprint density at radius 1 is 0.688 bits per heavy atom. The lowest BCUT2D eigenvalue weighted by atomic mass is 10.0. The van der Waals surface area contributed by atoms with Crippen molar-refractivity contribution in [3.63, 3.8) is 0 Å². The van der Waals surface area contributed by atoms with Crippen molar-refractivity contribution in [1.82, 2.24) is 10.2 Å². The maximum atomic E-state index is 12.6. The second-order valence-corrected chi connectivity index (χ2v) is 8.13. The van der Waals surface area contributed by atoms with Crippen LogP contribution in [0.4, 0.5) is 5.69 Å². The average molecular weight is 428 g/mol. The number of amides is 2. The molecule has 1 heterocycles. The molecule has 32 heavy (non-hydrogen) atoms. The van der Waals surface area contributed by atoms with Gasteiger partial charge in [-0.2, -0.15) is 0 Å². The van der Waals surface area contributed by atoms with Crippen molar-refractivity contribution >= 4 is 17.5 Å². The van der Waals surface area contributed by atoms with Gasteiger partial charge in [-0.25, -0.2) is 0 Å². The quantitative estimate of drug-likeness (QED) is 0.568. The van der Waals surface area contributed by atoms with Gasteiger partial charge in [-0.3, -0.25) is 9.59 Å². The molecule has 0 aliphatic carbocycles. The number of nitrogens with one attached hydrogen (secondary N) is 2. The van der Waals surface area contributed by atoms with Gasteiger partial charge in [-0.05, 0) is 73.5 Å². The molecule has 0 unspecified atom stereocenters. The second kappa shape index (κ2) is 10.7. The molecule has 0 aromatic heterocycles. The SMILES string of the molecule is O=C(NCCN1CCCCC1)c1ccc(NC(=O)c2ccc(-c3ccccc3)cc2)cc1. The van der Waals surface area contributed by atoms with Crippen LogP contribution < -0.4 is 10.6 Å². The molecule has 4 rings (SSSR count). The molecule has 0 saturated carbocycles. The summed E-state index contributed by atoms with van der Waals surface area (Å²) >= 11 is 0. The number of hydrogen-bond acceptors (Lipinski definition) is 3. The molecule has 0 radical (unpaired) electrons. The Kier molecular flexibility index (Phi) is 7.31. The van der Waals surface area contributed by atoms with Crippen LogP contribution in [0.25, 0.3) is 11.1 Å². The van der Waals surface area contributed by atoms with Crippen LogP contribution in [-0.2, 0) is 0 Å². The van der Waals surface area contributed by atoms with Crippen molar-refractivity contribution in [2.24, 2.45) is 0 Å². The Morgan fingerprint density at radius 3 is 1.97 bits per heavy atom. The summed E-state index contributed by atoms with van der Waals surface area (Å²) in [7, 11) is 0. The highest BCUT2D eigenvalue weighted by Gasteiger charge is 2.11. The van der Waals surface area contributed by atoms with E-state index in [4.69, 9.17) is 0 Å². The van der Waals surface area contributed by atoms with E-state index in [2.05, 4.69) is 15.5 Å². The first-order valence-electron chi connectivity index (χ1n) is 11.3. The summed E-state index contributed by atoms with van der Waals surface area (Å²) in [4.78, 5) is 27.3. The molecule has 1 fully saturated rings. The Labute approximate surface area is 189 Å². The molecule has 1 aliphatic heterocycles. The average Bonchev–Trinajstić information content (AvgIpc) is 2.86. The molecule has 1 saturated heterocycles. The Bertz CT molecular complexity index is 1020. The summed E-state index contributed by atoms with van der Waals surface area (Å²) in [6.07, 6.45) is 3.81. The van der Waals surface area contributed by atoms with Gasteiger partial charge in [0.25, 0.3) is 11.8 Å². The third kappa shape index (κ3) is 5.83. The molecular weight excluding hydrogens is 398 g/mol. The topological polar surface area (TPSA) is 61.4 Å². The summed E-state index contributed by atoms with van der Waals surface area (Å²) < 4.78 is 0. The maximum Gasteiger partial charge on any atom is 0.255 e. The van der Waals surface area contributed by atoms with Crippen LogP contribution in [0.2, 0.25) is 0 Å². The zero-order valence-electron chi connectivity index (χ0n) is 18.2. The van der Waals surface area contributed by atoms with Crippen LogP contribution in [0.3, 0.4) is 0 Å². The lowest BCUT2D eigenvalue weighted by Gasteiger charge is -2.26. The largest absolute Gasteiger partial charge is 0.351 e. The second-order valence-electron chi connectivity index (χ2n) is 8.13. The number of rotatable bonds is 7. The lowest BCUT2D eigenvalue weighted by Crippen LogP contribution is -2.37. The summed E-state index contributed by atoms with van der Waals surface area (Å²) in [5.41, 5.74) is 4.02. The van der Waals surface area contributed by atoms with Gasteiger partial charge < -0.3 is 15.5 Å². The normalized spacial score (nSPS) is 14.0. The molecule has 0 bridgehead atoms. The molecule has 3 aromatic carbocycles. The number of piperidine rings is 1. The number of carbonyl (C=O) groups excluding carboxylic acids is 2. The van der Waals surface area contributed by atoms with Crippen LogP contribution in [0, 0.1) is 0 Å². The third-order valence-electron chi connectivity index (χ3n) is 5.82. The van der Waals surface area contributed by atoms with Gasteiger partial charge in [0, 0.05) is 29.9 Å². The lowest BCUT2D eigenvalue weighted by molar-refractivity contribution is 0.0946. The molecule has 0 spiro atoms. The summed E-state index contributed by atoms with van der Waals surface area (Å²) in [6.45, 7) is 3.79. The Hall–Kier alpha value is -3.44. The van der Waals surface area contributed by atoms with E-state index in [1.165, 1.54) is 19.3 Å². The van der Waals surface area contributed by atoms with Crippen molar-refractivity contribution in [2.75, 3.05) is 31.5 Å². The minimum absolute atomic E-state index is 0.0867. The number of anilines is 1. The van der Waals surface area contributed by atoms with Gasteiger partial charge in [0.1, 0.15) is 0 Å². The van der Waals surface area contributed by atoms with Crippen molar-refractivity contribution in [3.05, 3.63) is 90.0 Å². The Balaban J connectivity index is 1.28. The van der Waals surface area contributed by atoms with E-state index in [0.29, 0.717) is 23.4 Å². The number of likely N-dealkylation sites (tertiary alicyclic amines) is 1. The van der Waals surface area contributed by atoms with Crippen molar-refractivity contribution in [2.45, 2.75) is 19.3 Å². The molecule has 2 amide bonds. The molecule has 2 N–H and O–H groups in total. The number of hydrogen-bond donors (Lipinski definition) is 2. The van der Waals surface area contributed by atoms with Crippen LogP contribution in [0.5, 0.6) is 0 Å². The van der Waals surface area contributed by atoms with E-state index in [0.717, 1.165) is 30.8 Å². The first kappa shape index (κ1) is 21.8. The first-order valence-corrected chi connectivity index (χ1v) is 11.3. The third-order valence-corrected chi connectivity index (χ3v) is 5.82. The highest BCUT2D eigenvalue weighted by atomic mass is 16.2. The molecular formula is C27H29N3O2. The minimum Gasteiger partial charge on any atom is -0.351 e. The van der Waals surface area contributed by atoms with Gasteiger partial charge in [0.15, 0.2) is 0 Å². The predicted octanol–water partition coefficient (Wildman–Crippen LogP) is 4.82. The van der Waals surface area contributed by atoms with Crippen molar-refractivity contribution < 1.29 is 9.59 Å². The van der Waals surface area contributed by atoms with E-state index in [9.17, 15) is 9.59 Å². The van der Waals surface area contributed by atoms with Crippen molar-refractivity contribution in [3.8, 4) is 11.1 Å². The van der Waals surface area contributed by atoms with Crippen LogP contribution in [0.15, 0.2) is 78.9 Å². The fourth-order valence-corrected chi connectivity index (χ4v) is 3.97. The zero-order chi connectivity index (χ0) is 22.2. The van der Waals surface area contributed by atoms with Gasteiger partial charge in [0.05, 0.1) is 0 Å². The van der Waals surface area contributed by atoms with Crippen LogP contribution in [0.1, 0.15) is 40.0 Å². The van der Waals surface area contributed by atoms with Gasteiger partial charge in [-0.15, -0.1) is 0 Å². The zero-order valence-corrected chi connectivity index (χ0v) is 18.2. The summed E-state index contributed by atoms with van der Waals surface area (Å²) in [5, 5.41) is 5.88. The summed E-state index contributed by atoms with van der Waals surface area (Å²) in [6, 6.07) is 24.6. The number of carbonyl (C=O) groups is 2. The minimum atomic E-state index is -0.177. The van der Waals surface area contributed by atoms with E-state index in [1.807, 2.05) is 54.6 Å². The summed E-state index contributed by atoms with van der Waals surface area (Å²) in [5.74, 6) is -0.264. The maximum absolute atomic E-state index is 12.6. The molecule has 5 heteroatoms. The van der Waals surface area contributed by atoms with E-state index in [-0.39, 0.29) is 11.8 Å². The Morgan fingerprint density at radius 2 is 1.28 bits per heavy atom. The van der Waals surface area contributed by atoms with Gasteiger partial charge in [0.2, 0.25) is 0 Å². The number of benzene rings is 3.